The van der Waals surface area contributed by atoms with Crippen LogP contribution in [0.25, 0.3) is 0 Å². The van der Waals surface area contributed by atoms with Gasteiger partial charge in [0.05, 0.1) is 0 Å². The van der Waals surface area contributed by atoms with Gasteiger partial charge in [0, 0.05) is 6.04 Å². The summed E-state index contributed by atoms with van der Waals surface area (Å²) in [6.07, 6.45) is 8.56. The molecule has 1 heteroatoms. The predicted octanol–water partition coefficient (Wildman–Crippen LogP) is 2.86. The van der Waals surface area contributed by atoms with Crippen LogP contribution in [0.4, 0.5) is 0 Å². The van der Waals surface area contributed by atoms with Gasteiger partial charge in [-0.15, -0.1) is 0 Å². The van der Waals surface area contributed by atoms with Crippen LogP contribution in [-0.2, 0) is 0 Å². The molecular weight excluding hydrogens is 146 g/mol. The van der Waals surface area contributed by atoms with E-state index in [9.17, 15) is 0 Å². The van der Waals surface area contributed by atoms with Crippen LogP contribution in [0.5, 0.6) is 0 Å². The molecule has 0 aromatic carbocycles. The molecule has 1 nitrogen and oxygen atoms in total. The summed E-state index contributed by atoms with van der Waals surface area (Å²) in [5.41, 5.74) is 7.47. The fraction of sp³-hybridized carbons (Fsp3) is 0.818. The highest BCUT2D eigenvalue weighted by molar-refractivity contribution is 5.01. The molecule has 12 heavy (non-hydrogen) atoms. The normalized spacial score (nSPS) is 37.4. The number of hydrogen-bond donors (Lipinski definition) is 1. The first-order valence-electron chi connectivity index (χ1n) is 5.09. The Balaban J connectivity index is 2.48. The Bertz CT molecular complexity index is 160. The highest BCUT2D eigenvalue weighted by Gasteiger charge is 2.09. The number of hydrogen-bond acceptors (Lipinski definition) is 1. The fourth-order valence-electron chi connectivity index (χ4n) is 1.86. The minimum absolute atomic E-state index is 0.404. The lowest BCUT2D eigenvalue weighted by Gasteiger charge is -2.12. The van der Waals surface area contributed by atoms with Gasteiger partial charge in [-0.05, 0) is 44.9 Å². The van der Waals surface area contributed by atoms with Crippen LogP contribution in [0.3, 0.4) is 0 Å². The van der Waals surface area contributed by atoms with Crippen molar-refractivity contribution in [2.75, 3.05) is 0 Å². The second kappa shape index (κ2) is 4.66. The summed E-state index contributed by atoms with van der Waals surface area (Å²) in [7, 11) is 0. The van der Waals surface area contributed by atoms with Crippen molar-refractivity contribution in [2.24, 2.45) is 11.7 Å². The smallest absolute Gasteiger partial charge is 0.00760 e. The zero-order chi connectivity index (χ0) is 8.97. The van der Waals surface area contributed by atoms with Gasteiger partial charge in [0.15, 0.2) is 0 Å². The van der Waals surface area contributed by atoms with Gasteiger partial charge in [0.1, 0.15) is 0 Å². The third-order valence-corrected chi connectivity index (χ3v) is 2.77. The molecule has 0 fully saturated rings. The molecule has 70 valence electrons. The molecule has 0 bridgehead atoms. The molecule has 0 saturated heterocycles. The third-order valence-electron chi connectivity index (χ3n) is 2.77. The van der Waals surface area contributed by atoms with Gasteiger partial charge in [-0.1, -0.05) is 18.6 Å². The van der Waals surface area contributed by atoms with E-state index in [2.05, 4.69) is 19.9 Å². The van der Waals surface area contributed by atoms with Crippen molar-refractivity contribution < 1.29 is 0 Å². The van der Waals surface area contributed by atoms with Crippen molar-refractivity contribution in [3.8, 4) is 0 Å². The van der Waals surface area contributed by atoms with Crippen LogP contribution in [-0.4, -0.2) is 6.04 Å². The zero-order valence-corrected chi connectivity index (χ0v) is 8.34. The largest absolute Gasteiger partial charge is 0.327 e. The van der Waals surface area contributed by atoms with E-state index in [0.29, 0.717) is 6.04 Å². The van der Waals surface area contributed by atoms with E-state index in [-0.39, 0.29) is 0 Å². The predicted molar refractivity (Wildman–Crippen MR) is 54.0 cm³/mol. The molecule has 1 aliphatic carbocycles. The quantitative estimate of drug-likeness (QED) is 0.552. The first-order chi connectivity index (χ1) is 5.68. The lowest BCUT2D eigenvalue weighted by molar-refractivity contribution is 0.451. The molecule has 0 aliphatic heterocycles. The minimum Gasteiger partial charge on any atom is -0.327 e. The monoisotopic (exact) mass is 167 g/mol. The highest BCUT2D eigenvalue weighted by atomic mass is 14.6. The summed E-state index contributed by atoms with van der Waals surface area (Å²) in [5.74, 6) is 0.859. The molecule has 0 heterocycles. The molecule has 0 aromatic rings. The van der Waals surface area contributed by atoms with Crippen molar-refractivity contribution in [2.45, 2.75) is 52.0 Å². The summed E-state index contributed by atoms with van der Waals surface area (Å²) in [5, 5.41) is 0. The van der Waals surface area contributed by atoms with Gasteiger partial charge in [0.25, 0.3) is 0 Å². The lowest BCUT2D eigenvalue weighted by atomic mass is 9.98. The maximum absolute atomic E-state index is 5.99. The van der Waals surface area contributed by atoms with E-state index < -0.39 is 0 Å². The average molecular weight is 167 g/mol. The van der Waals surface area contributed by atoms with Crippen LogP contribution >= 0.6 is 0 Å². The van der Waals surface area contributed by atoms with Gasteiger partial charge in [-0.3, -0.25) is 0 Å². The van der Waals surface area contributed by atoms with Crippen LogP contribution in [0.2, 0.25) is 0 Å². The van der Waals surface area contributed by atoms with E-state index in [1.807, 2.05) is 0 Å². The lowest BCUT2D eigenvalue weighted by Crippen LogP contribution is -2.20. The van der Waals surface area contributed by atoms with Crippen molar-refractivity contribution in [3.05, 3.63) is 11.6 Å². The van der Waals surface area contributed by atoms with Crippen molar-refractivity contribution >= 4 is 0 Å². The topological polar surface area (TPSA) is 26.0 Å². The molecule has 0 spiro atoms. The maximum atomic E-state index is 5.99. The van der Waals surface area contributed by atoms with E-state index in [1.54, 1.807) is 0 Å². The van der Waals surface area contributed by atoms with Gasteiger partial charge >= 0.3 is 0 Å². The average Bonchev–Trinajstić information content (AvgIpc) is 2.05. The van der Waals surface area contributed by atoms with Crippen LogP contribution in [0, 0.1) is 5.92 Å². The molecule has 2 atom stereocenters. The van der Waals surface area contributed by atoms with Crippen LogP contribution < -0.4 is 5.73 Å². The molecule has 0 aromatic heterocycles. The molecule has 0 amide bonds. The maximum Gasteiger partial charge on any atom is 0.00760 e. The highest BCUT2D eigenvalue weighted by Crippen LogP contribution is 2.20. The van der Waals surface area contributed by atoms with Gasteiger partial charge in [-0.2, -0.15) is 0 Å². The number of allylic oxidation sites excluding steroid dienone is 1. The Labute approximate surface area is 76.0 Å². The Kier molecular flexibility index (Phi) is 3.80. The Morgan fingerprint density at radius 1 is 1.33 bits per heavy atom. The molecule has 0 radical (unpaired) electrons. The summed E-state index contributed by atoms with van der Waals surface area (Å²) < 4.78 is 0. The Morgan fingerprint density at radius 2 is 2.08 bits per heavy atom. The van der Waals surface area contributed by atoms with E-state index >= 15 is 0 Å². The third kappa shape index (κ3) is 3.40. The van der Waals surface area contributed by atoms with E-state index in [0.717, 1.165) is 12.3 Å². The second-order valence-corrected chi connectivity index (χ2v) is 4.27. The Hall–Kier alpha value is -0.300. The summed E-state index contributed by atoms with van der Waals surface area (Å²) in [4.78, 5) is 0. The molecular formula is C11H21N. The van der Waals surface area contributed by atoms with Crippen molar-refractivity contribution in [1.82, 2.24) is 0 Å². The van der Waals surface area contributed by atoms with Crippen LogP contribution in [0.15, 0.2) is 11.6 Å². The second-order valence-electron chi connectivity index (χ2n) is 4.27. The van der Waals surface area contributed by atoms with Gasteiger partial charge in [-0.25, -0.2) is 0 Å². The van der Waals surface area contributed by atoms with Gasteiger partial charge in [0.2, 0.25) is 0 Å². The van der Waals surface area contributed by atoms with E-state index in [1.165, 1.54) is 31.3 Å². The molecule has 0 saturated carbocycles. The first kappa shape index (κ1) is 9.79. The summed E-state index contributed by atoms with van der Waals surface area (Å²) in [6, 6.07) is 0.404. The molecule has 1 rings (SSSR count). The SMILES string of the molecule is C/C1=C\CCC(C)CCC(N)C1. The zero-order valence-electron chi connectivity index (χ0n) is 8.34. The standard InChI is InChI=1S/C11H21N/c1-9-4-3-5-10(2)8-11(12)7-6-9/h5,9,11H,3-4,6-8,12H2,1-2H3/b10-5+. The molecule has 1 aliphatic rings. The van der Waals surface area contributed by atoms with Crippen molar-refractivity contribution in [1.29, 1.82) is 0 Å². The minimum atomic E-state index is 0.404. The van der Waals surface area contributed by atoms with Crippen LogP contribution in [0.1, 0.15) is 46.0 Å². The van der Waals surface area contributed by atoms with E-state index in [4.69, 9.17) is 5.73 Å². The number of nitrogens with two attached hydrogens (primary N) is 1. The summed E-state index contributed by atoms with van der Waals surface area (Å²) in [6.45, 7) is 4.54. The fourth-order valence-corrected chi connectivity index (χ4v) is 1.86. The molecule has 2 N–H and O–H groups in total. The van der Waals surface area contributed by atoms with Gasteiger partial charge < -0.3 is 5.73 Å². The Morgan fingerprint density at radius 3 is 2.83 bits per heavy atom. The first-order valence-corrected chi connectivity index (χ1v) is 5.09. The van der Waals surface area contributed by atoms with Crippen molar-refractivity contribution in [3.63, 3.8) is 0 Å². The molecule has 2 unspecified atom stereocenters. The summed E-state index contributed by atoms with van der Waals surface area (Å²) >= 11 is 0. The number of rotatable bonds is 0.